The zero-order valence-electron chi connectivity index (χ0n) is 11.8. The molecule has 0 atom stereocenters. The molecular formula is C14H17N5O2. The maximum absolute atomic E-state index is 11.8. The molecule has 1 aromatic carbocycles. The van der Waals surface area contributed by atoms with E-state index in [-0.39, 0.29) is 11.8 Å². The molecule has 0 spiro atoms. The van der Waals surface area contributed by atoms with Crippen molar-refractivity contribution >= 4 is 17.5 Å². The zero-order chi connectivity index (χ0) is 15.7. The standard InChI is InChI=1S/C14H17N5O2/c1-10(2)13(20)16-8-3-9-17-14(21)11-4-6-12(7-5-11)18-19-15/h4-7H,1,3,8-9H2,2H3,(H,16,20)(H,17,21). The van der Waals surface area contributed by atoms with E-state index in [1.165, 1.54) is 0 Å². The molecule has 0 saturated heterocycles. The van der Waals surface area contributed by atoms with Gasteiger partial charge < -0.3 is 10.6 Å². The Labute approximate surface area is 122 Å². The lowest BCUT2D eigenvalue weighted by Gasteiger charge is -2.07. The molecule has 1 rings (SSSR count). The Balaban J connectivity index is 2.32. The van der Waals surface area contributed by atoms with Crippen LogP contribution in [0.4, 0.5) is 5.69 Å². The summed E-state index contributed by atoms with van der Waals surface area (Å²) in [6.45, 7) is 6.09. The summed E-state index contributed by atoms with van der Waals surface area (Å²) in [5.41, 5.74) is 9.68. The molecule has 0 heterocycles. The van der Waals surface area contributed by atoms with Crippen LogP contribution in [0.15, 0.2) is 41.5 Å². The van der Waals surface area contributed by atoms with E-state index in [1.807, 2.05) is 0 Å². The number of nitrogens with zero attached hydrogens (tertiary/aromatic N) is 3. The molecular weight excluding hydrogens is 270 g/mol. The van der Waals surface area contributed by atoms with Crippen LogP contribution < -0.4 is 10.6 Å². The SMILES string of the molecule is C=C(C)C(=O)NCCCNC(=O)c1ccc(N=[N+]=[N-])cc1. The van der Waals surface area contributed by atoms with Gasteiger partial charge in [0.25, 0.3) is 5.91 Å². The Kier molecular flexibility index (Phi) is 6.50. The summed E-state index contributed by atoms with van der Waals surface area (Å²) >= 11 is 0. The molecule has 7 heteroatoms. The Morgan fingerprint density at radius 2 is 1.86 bits per heavy atom. The van der Waals surface area contributed by atoms with Crippen molar-refractivity contribution in [2.24, 2.45) is 5.11 Å². The monoisotopic (exact) mass is 287 g/mol. The molecule has 2 amide bonds. The van der Waals surface area contributed by atoms with Crippen molar-refractivity contribution < 1.29 is 9.59 Å². The average molecular weight is 287 g/mol. The van der Waals surface area contributed by atoms with Gasteiger partial charge in [-0.05, 0) is 31.0 Å². The van der Waals surface area contributed by atoms with Crippen LogP contribution in [0.2, 0.25) is 0 Å². The Morgan fingerprint density at radius 1 is 1.24 bits per heavy atom. The van der Waals surface area contributed by atoms with Crippen molar-refractivity contribution in [3.8, 4) is 0 Å². The average Bonchev–Trinajstić information content (AvgIpc) is 2.47. The van der Waals surface area contributed by atoms with Gasteiger partial charge in [0.1, 0.15) is 0 Å². The largest absolute Gasteiger partial charge is 0.352 e. The number of amides is 2. The van der Waals surface area contributed by atoms with Crippen LogP contribution in [0.1, 0.15) is 23.7 Å². The summed E-state index contributed by atoms with van der Waals surface area (Å²) in [5, 5.41) is 8.84. The van der Waals surface area contributed by atoms with Crippen LogP contribution in [0, 0.1) is 0 Å². The van der Waals surface area contributed by atoms with E-state index in [2.05, 4.69) is 27.2 Å². The highest BCUT2D eigenvalue weighted by Crippen LogP contribution is 2.12. The predicted octanol–water partition coefficient (Wildman–Crippen LogP) is 2.44. The third-order valence-corrected chi connectivity index (χ3v) is 2.60. The summed E-state index contributed by atoms with van der Waals surface area (Å²) in [5.74, 6) is -0.399. The number of carbonyl (C=O) groups is 2. The minimum absolute atomic E-state index is 0.185. The number of azide groups is 1. The fourth-order valence-corrected chi connectivity index (χ4v) is 1.48. The molecule has 21 heavy (non-hydrogen) atoms. The van der Waals surface area contributed by atoms with E-state index in [0.29, 0.717) is 36.3 Å². The quantitative estimate of drug-likeness (QED) is 0.264. The van der Waals surface area contributed by atoms with Gasteiger partial charge in [0, 0.05) is 34.8 Å². The number of hydrogen-bond acceptors (Lipinski definition) is 3. The van der Waals surface area contributed by atoms with Crippen LogP contribution in [0.5, 0.6) is 0 Å². The van der Waals surface area contributed by atoms with Gasteiger partial charge >= 0.3 is 0 Å². The second-order valence-electron chi connectivity index (χ2n) is 4.38. The zero-order valence-corrected chi connectivity index (χ0v) is 11.8. The molecule has 0 fully saturated rings. The second-order valence-corrected chi connectivity index (χ2v) is 4.38. The molecule has 0 saturated carbocycles. The Morgan fingerprint density at radius 3 is 2.43 bits per heavy atom. The van der Waals surface area contributed by atoms with E-state index < -0.39 is 0 Å². The van der Waals surface area contributed by atoms with Crippen LogP contribution in [-0.4, -0.2) is 24.9 Å². The van der Waals surface area contributed by atoms with E-state index in [4.69, 9.17) is 5.53 Å². The minimum atomic E-state index is -0.214. The summed E-state index contributed by atoms with van der Waals surface area (Å²) in [6, 6.07) is 6.31. The molecule has 7 nitrogen and oxygen atoms in total. The second kappa shape index (κ2) is 8.39. The minimum Gasteiger partial charge on any atom is -0.352 e. The summed E-state index contributed by atoms with van der Waals surface area (Å²) < 4.78 is 0. The van der Waals surface area contributed by atoms with Crippen LogP contribution in [0.3, 0.4) is 0 Å². The fourth-order valence-electron chi connectivity index (χ4n) is 1.48. The van der Waals surface area contributed by atoms with E-state index in [0.717, 1.165) is 0 Å². The summed E-state index contributed by atoms with van der Waals surface area (Å²) in [7, 11) is 0. The smallest absolute Gasteiger partial charge is 0.251 e. The number of rotatable bonds is 7. The number of nitrogens with one attached hydrogen (secondary N) is 2. The first-order chi connectivity index (χ1) is 10.0. The predicted molar refractivity (Wildman–Crippen MR) is 80.0 cm³/mol. The molecule has 1 aromatic rings. The molecule has 0 bridgehead atoms. The maximum atomic E-state index is 11.8. The van der Waals surface area contributed by atoms with Crippen molar-refractivity contribution in [2.75, 3.05) is 13.1 Å². The van der Waals surface area contributed by atoms with Gasteiger partial charge in [-0.3, -0.25) is 9.59 Å². The lowest BCUT2D eigenvalue weighted by molar-refractivity contribution is -0.117. The number of carbonyl (C=O) groups excluding carboxylic acids is 2. The van der Waals surface area contributed by atoms with Gasteiger partial charge in [-0.15, -0.1) is 0 Å². The fraction of sp³-hybridized carbons (Fsp3) is 0.286. The van der Waals surface area contributed by atoms with Crippen molar-refractivity contribution in [2.45, 2.75) is 13.3 Å². The van der Waals surface area contributed by atoms with Crippen molar-refractivity contribution in [3.05, 3.63) is 52.4 Å². The van der Waals surface area contributed by atoms with E-state index in [1.54, 1.807) is 31.2 Å². The normalized spacial score (nSPS) is 9.38. The van der Waals surface area contributed by atoms with Gasteiger partial charge in [0.2, 0.25) is 5.91 Å². The highest BCUT2D eigenvalue weighted by Gasteiger charge is 2.04. The number of benzene rings is 1. The van der Waals surface area contributed by atoms with Gasteiger partial charge in [0.15, 0.2) is 0 Å². The summed E-state index contributed by atoms with van der Waals surface area (Å²) in [4.78, 5) is 25.7. The Hall–Kier alpha value is -2.79. The third kappa shape index (κ3) is 5.80. The van der Waals surface area contributed by atoms with Crippen molar-refractivity contribution in [3.63, 3.8) is 0 Å². The first-order valence-corrected chi connectivity index (χ1v) is 6.41. The molecule has 0 aliphatic rings. The number of hydrogen-bond donors (Lipinski definition) is 2. The first kappa shape index (κ1) is 16.3. The summed E-state index contributed by atoms with van der Waals surface area (Å²) in [6.07, 6.45) is 0.627. The van der Waals surface area contributed by atoms with Crippen LogP contribution in [0.25, 0.3) is 10.4 Å². The molecule has 0 aromatic heterocycles. The molecule has 110 valence electrons. The molecule has 0 unspecified atom stereocenters. The maximum Gasteiger partial charge on any atom is 0.251 e. The van der Waals surface area contributed by atoms with Gasteiger partial charge in [0.05, 0.1) is 0 Å². The Bertz CT molecular complexity index is 574. The topological polar surface area (TPSA) is 107 Å². The molecule has 0 aliphatic carbocycles. The van der Waals surface area contributed by atoms with Crippen molar-refractivity contribution in [1.82, 2.24) is 10.6 Å². The lowest BCUT2D eigenvalue weighted by Crippen LogP contribution is -2.30. The van der Waals surface area contributed by atoms with Crippen molar-refractivity contribution in [1.29, 1.82) is 0 Å². The highest BCUT2D eigenvalue weighted by molar-refractivity contribution is 5.94. The van der Waals surface area contributed by atoms with E-state index >= 15 is 0 Å². The highest BCUT2D eigenvalue weighted by atomic mass is 16.2. The first-order valence-electron chi connectivity index (χ1n) is 6.41. The molecule has 0 radical (unpaired) electrons. The molecule has 0 aliphatic heterocycles. The van der Waals surface area contributed by atoms with E-state index in [9.17, 15) is 9.59 Å². The molecule has 2 N–H and O–H groups in total. The van der Waals surface area contributed by atoms with Gasteiger partial charge in [-0.2, -0.15) is 0 Å². The van der Waals surface area contributed by atoms with Crippen LogP contribution >= 0.6 is 0 Å². The lowest BCUT2D eigenvalue weighted by atomic mass is 10.2. The van der Waals surface area contributed by atoms with Crippen LogP contribution in [-0.2, 0) is 4.79 Å². The van der Waals surface area contributed by atoms with Gasteiger partial charge in [-0.25, -0.2) is 0 Å². The third-order valence-electron chi connectivity index (χ3n) is 2.60. The van der Waals surface area contributed by atoms with Gasteiger partial charge in [-0.1, -0.05) is 23.8 Å².